The van der Waals surface area contributed by atoms with E-state index in [1.54, 1.807) is 19.2 Å². The van der Waals surface area contributed by atoms with Crippen LogP contribution in [0.4, 0.5) is 4.39 Å². The molecule has 1 saturated heterocycles. The average Bonchev–Trinajstić information content (AvgIpc) is 3.27. The molecule has 2 aromatic heterocycles. The predicted octanol–water partition coefficient (Wildman–Crippen LogP) is 4.99. The number of ether oxygens (including phenoxy) is 1. The van der Waals surface area contributed by atoms with Crippen LogP contribution >= 0.6 is 22.9 Å². The second kappa shape index (κ2) is 11.4. The van der Waals surface area contributed by atoms with Crippen LogP contribution in [0.3, 0.4) is 0 Å². The van der Waals surface area contributed by atoms with Crippen LogP contribution in [0.1, 0.15) is 35.8 Å². The zero-order chi connectivity index (χ0) is 24.9. The molecule has 1 aromatic carbocycles. The fourth-order valence-electron chi connectivity index (χ4n) is 4.60. The van der Waals surface area contributed by atoms with E-state index in [9.17, 15) is 19.4 Å². The molecule has 3 heterocycles. The molecule has 1 aliphatic heterocycles. The molecule has 0 amide bonds. The molecule has 1 fully saturated rings. The Morgan fingerprint density at radius 1 is 1.43 bits per heavy atom. The highest BCUT2D eigenvalue weighted by Gasteiger charge is 2.34. The number of piperidine rings is 1. The number of rotatable bonds is 7. The van der Waals surface area contributed by atoms with Crippen molar-refractivity contribution in [3.8, 4) is 17.6 Å². The van der Waals surface area contributed by atoms with Crippen LogP contribution in [0.5, 0.6) is 5.75 Å². The van der Waals surface area contributed by atoms with Crippen molar-refractivity contribution in [2.45, 2.75) is 25.4 Å². The van der Waals surface area contributed by atoms with Crippen molar-refractivity contribution < 1.29 is 24.1 Å². The first-order valence-corrected chi connectivity index (χ1v) is 12.6. The Labute approximate surface area is 212 Å². The topological polar surface area (TPSA) is 82.9 Å². The highest BCUT2D eigenvalue weighted by molar-refractivity contribution is 7.10. The minimum atomic E-state index is -0.857. The van der Waals surface area contributed by atoms with Crippen molar-refractivity contribution in [2.24, 2.45) is 11.8 Å². The molecule has 9 heteroatoms. The maximum Gasteiger partial charge on any atom is 0.308 e. The van der Waals surface area contributed by atoms with E-state index in [2.05, 4.69) is 16.8 Å². The fraction of sp³-hybridized carbons (Fsp3) is 0.385. The van der Waals surface area contributed by atoms with Gasteiger partial charge < -0.3 is 14.9 Å². The van der Waals surface area contributed by atoms with Gasteiger partial charge in [-0.1, -0.05) is 23.4 Å². The normalized spacial score (nSPS) is 19.2. The lowest BCUT2D eigenvalue weighted by atomic mass is 9.81. The van der Waals surface area contributed by atoms with Crippen LogP contribution in [0.15, 0.2) is 35.8 Å². The van der Waals surface area contributed by atoms with E-state index < -0.39 is 18.0 Å². The number of aliphatic carboxylic acids is 1. The highest BCUT2D eigenvalue weighted by Crippen LogP contribution is 2.36. The summed E-state index contributed by atoms with van der Waals surface area (Å²) in [4.78, 5) is 19.0. The van der Waals surface area contributed by atoms with Crippen molar-refractivity contribution in [1.82, 2.24) is 9.88 Å². The first-order chi connectivity index (χ1) is 16.9. The maximum atomic E-state index is 13.1. The Kier molecular flexibility index (Phi) is 8.24. The summed E-state index contributed by atoms with van der Waals surface area (Å²) in [6, 6.07) is 6.81. The third-order valence-electron chi connectivity index (χ3n) is 6.45. The molecule has 0 spiro atoms. The number of thiophene rings is 1. The summed E-state index contributed by atoms with van der Waals surface area (Å²) in [6.07, 6.45) is 2.30. The Bertz CT molecular complexity index is 1270. The maximum absolute atomic E-state index is 13.1. The molecule has 3 atom stereocenters. The number of pyridine rings is 1. The van der Waals surface area contributed by atoms with E-state index >= 15 is 0 Å². The molecule has 0 saturated carbocycles. The van der Waals surface area contributed by atoms with Gasteiger partial charge >= 0.3 is 5.97 Å². The van der Waals surface area contributed by atoms with Gasteiger partial charge in [-0.3, -0.25) is 14.7 Å². The molecule has 0 unspecified atom stereocenters. The lowest BCUT2D eigenvalue weighted by Gasteiger charge is -2.36. The fourth-order valence-corrected chi connectivity index (χ4v) is 5.50. The molecule has 4 rings (SSSR count). The zero-order valence-corrected chi connectivity index (χ0v) is 20.8. The lowest BCUT2D eigenvalue weighted by Crippen LogP contribution is -2.44. The summed E-state index contributed by atoms with van der Waals surface area (Å²) in [7, 11) is 1.57. The predicted molar refractivity (Wildman–Crippen MR) is 134 cm³/mol. The smallest absolute Gasteiger partial charge is 0.308 e. The number of benzene rings is 1. The van der Waals surface area contributed by atoms with E-state index in [1.807, 2.05) is 11.0 Å². The number of likely N-dealkylation sites (tertiary alicyclic amines) is 1. The number of halogens is 2. The van der Waals surface area contributed by atoms with E-state index in [-0.39, 0.29) is 11.7 Å². The molecule has 2 N–H and O–H groups in total. The Balaban J connectivity index is 1.41. The van der Waals surface area contributed by atoms with Crippen molar-refractivity contribution in [2.75, 3.05) is 26.7 Å². The standard InChI is InChI=1S/C26H26ClFN2O4S/c1-34-18-5-6-23-20(12-18)25(22(27)13-29-23)24(31)7-4-16-8-10-30(14-21(16)26(32)33)9-2-3-19-11-17(28)15-35-19/h5-6,11-13,15-16,21,24,31H,4,7-10,14H2,1H3,(H,32,33)/t16-,21+,24-/m0/s1. The monoisotopic (exact) mass is 516 g/mol. The van der Waals surface area contributed by atoms with Gasteiger partial charge in [-0.05, 0) is 49.9 Å². The van der Waals surface area contributed by atoms with E-state index in [0.717, 1.165) is 5.39 Å². The zero-order valence-electron chi connectivity index (χ0n) is 19.2. The number of carboxylic acids is 1. The number of aliphatic hydroxyl groups excluding tert-OH is 1. The molecule has 0 radical (unpaired) electrons. The summed E-state index contributed by atoms with van der Waals surface area (Å²) < 4.78 is 18.4. The molecule has 1 aliphatic rings. The van der Waals surface area contributed by atoms with Gasteiger partial charge in [-0.15, -0.1) is 11.3 Å². The minimum absolute atomic E-state index is 0.0702. The van der Waals surface area contributed by atoms with Crippen LogP contribution in [0.25, 0.3) is 10.9 Å². The van der Waals surface area contributed by atoms with E-state index in [4.69, 9.17) is 16.3 Å². The SMILES string of the molecule is COc1ccc2ncc(Cl)c([C@@H](O)CC[C@H]3CCN(CC#Cc4cc(F)cs4)C[C@H]3C(=O)O)c2c1. The van der Waals surface area contributed by atoms with Gasteiger partial charge in [0.15, 0.2) is 0 Å². The molecular weight excluding hydrogens is 491 g/mol. The molecule has 184 valence electrons. The second-order valence-electron chi connectivity index (χ2n) is 8.66. The highest BCUT2D eigenvalue weighted by atomic mass is 35.5. The molecule has 0 bridgehead atoms. The minimum Gasteiger partial charge on any atom is -0.497 e. The number of carboxylic acid groups (broad SMARTS) is 1. The molecular formula is C26H26ClFN2O4S. The third-order valence-corrected chi connectivity index (χ3v) is 7.57. The van der Waals surface area contributed by atoms with Gasteiger partial charge in [0.1, 0.15) is 11.6 Å². The first-order valence-electron chi connectivity index (χ1n) is 11.3. The van der Waals surface area contributed by atoms with Gasteiger partial charge in [0.05, 0.1) is 41.1 Å². The van der Waals surface area contributed by atoms with Gasteiger partial charge in [0.25, 0.3) is 0 Å². The molecule has 6 nitrogen and oxygen atoms in total. The Hall–Kier alpha value is -2.70. The average molecular weight is 517 g/mol. The van der Waals surface area contributed by atoms with Gasteiger partial charge in [0, 0.05) is 35.1 Å². The van der Waals surface area contributed by atoms with Crippen molar-refractivity contribution in [1.29, 1.82) is 0 Å². The third kappa shape index (κ3) is 6.11. The number of aliphatic hydroxyl groups is 1. The van der Waals surface area contributed by atoms with Crippen molar-refractivity contribution >= 4 is 39.8 Å². The number of hydrogen-bond acceptors (Lipinski definition) is 6. The first kappa shape index (κ1) is 25.4. The quantitative estimate of drug-likeness (QED) is 0.431. The molecule has 0 aliphatic carbocycles. The van der Waals surface area contributed by atoms with Crippen LogP contribution in [0.2, 0.25) is 5.02 Å². The number of fused-ring (bicyclic) bond motifs is 1. The van der Waals surface area contributed by atoms with Gasteiger partial charge in [0.2, 0.25) is 0 Å². The molecule has 3 aromatic rings. The Morgan fingerprint density at radius 2 is 2.26 bits per heavy atom. The van der Waals surface area contributed by atoms with E-state index in [1.165, 1.54) is 29.0 Å². The number of carbonyl (C=O) groups is 1. The van der Waals surface area contributed by atoms with Crippen molar-refractivity contribution in [3.63, 3.8) is 0 Å². The summed E-state index contributed by atoms with van der Waals surface area (Å²) in [5, 5.41) is 23.4. The number of aromatic nitrogens is 1. The largest absolute Gasteiger partial charge is 0.497 e. The lowest BCUT2D eigenvalue weighted by molar-refractivity contribution is -0.146. The molecule has 35 heavy (non-hydrogen) atoms. The summed E-state index contributed by atoms with van der Waals surface area (Å²) in [5.74, 6) is 4.82. The summed E-state index contributed by atoms with van der Waals surface area (Å²) >= 11 is 7.66. The summed E-state index contributed by atoms with van der Waals surface area (Å²) in [5.41, 5.74) is 1.28. The van der Waals surface area contributed by atoms with Gasteiger partial charge in [-0.25, -0.2) is 4.39 Å². The Morgan fingerprint density at radius 3 is 2.97 bits per heavy atom. The van der Waals surface area contributed by atoms with Crippen molar-refractivity contribution in [3.05, 3.63) is 57.1 Å². The van der Waals surface area contributed by atoms with Crippen LogP contribution in [-0.4, -0.2) is 52.8 Å². The van der Waals surface area contributed by atoms with Crippen LogP contribution in [-0.2, 0) is 4.79 Å². The number of methoxy groups -OCH3 is 1. The van der Waals surface area contributed by atoms with Gasteiger partial charge in [-0.2, -0.15) is 0 Å². The second-order valence-corrected chi connectivity index (χ2v) is 9.97. The van der Waals surface area contributed by atoms with E-state index in [0.29, 0.717) is 65.6 Å². The number of hydrogen-bond donors (Lipinski definition) is 2. The summed E-state index contributed by atoms with van der Waals surface area (Å²) in [6.45, 7) is 1.53. The van der Waals surface area contributed by atoms with Crippen LogP contribution < -0.4 is 4.74 Å². The van der Waals surface area contributed by atoms with Crippen LogP contribution in [0, 0.1) is 29.5 Å². The number of nitrogens with zero attached hydrogens (tertiary/aromatic N) is 2.